The summed E-state index contributed by atoms with van der Waals surface area (Å²) in [4.78, 5) is 4.73. The Kier molecular flexibility index (Phi) is 8.83. The minimum absolute atomic E-state index is 0.587. The maximum atomic E-state index is 3.52. The van der Waals surface area contributed by atoms with E-state index in [1.807, 2.05) is 0 Å². The fraction of sp³-hybridized carbons (Fsp3) is 1.00. The van der Waals surface area contributed by atoms with Gasteiger partial charge in [-0.25, -0.2) is 0 Å². The Morgan fingerprint density at radius 2 is 1.53 bits per heavy atom. The molecule has 0 aromatic carbocycles. The van der Waals surface area contributed by atoms with Crippen LogP contribution in [0.5, 0.6) is 0 Å². The molecule has 0 radical (unpaired) electrons. The van der Waals surface area contributed by atoms with Gasteiger partial charge in [-0.1, -0.05) is 20.8 Å². The predicted molar refractivity (Wildman–Crippen MR) is 77.6 cm³/mol. The van der Waals surface area contributed by atoms with Gasteiger partial charge < -0.3 is 15.1 Å². The number of hydrogen-bond donors (Lipinski definition) is 1. The van der Waals surface area contributed by atoms with Crippen molar-refractivity contribution in [2.75, 3.05) is 40.8 Å². The van der Waals surface area contributed by atoms with E-state index in [9.17, 15) is 0 Å². The van der Waals surface area contributed by atoms with Crippen molar-refractivity contribution < 1.29 is 0 Å². The van der Waals surface area contributed by atoms with Crippen molar-refractivity contribution in [3.8, 4) is 0 Å². The van der Waals surface area contributed by atoms with E-state index < -0.39 is 0 Å². The smallest absolute Gasteiger partial charge is 0.0102 e. The molecule has 3 heteroatoms. The van der Waals surface area contributed by atoms with Crippen LogP contribution < -0.4 is 5.32 Å². The highest BCUT2D eigenvalue weighted by atomic mass is 15.1. The number of nitrogens with zero attached hydrogens (tertiary/aromatic N) is 2. The van der Waals surface area contributed by atoms with E-state index in [1.54, 1.807) is 0 Å². The van der Waals surface area contributed by atoms with Crippen LogP contribution in [0.2, 0.25) is 0 Å². The lowest BCUT2D eigenvalue weighted by molar-refractivity contribution is 0.186. The van der Waals surface area contributed by atoms with E-state index in [0.29, 0.717) is 18.0 Å². The molecule has 2 atom stereocenters. The zero-order chi connectivity index (χ0) is 13.4. The summed E-state index contributed by atoms with van der Waals surface area (Å²) in [6.07, 6.45) is 1.25. The van der Waals surface area contributed by atoms with Crippen LogP contribution in [0.15, 0.2) is 0 Å². The van der Waals surface area contributed by atoms with Crippen LogP contribution in [-0.2, 0) is 0 Å². The third-order valence-corrected chi connectivity index (χ3v) is 3.48. The van der Waals surface area contributed by atoms with Crippen molar-refractivity contribution in [2.24, 2.45) is 5.92 Å². The Morgan fingerprint density at radius 1 is 0.941 bits per heavy atom. The molecule has 0 amide bonds. The molecule has 0 aliphatic rings. The molecule has 0 heterocycles. The lowest BCUT2D eigenvalue weighted by atomic mass is 10.0. The fourth-order valence-corrected chi connectivity index (χ4v) is 1.87. The molecule has 0 aliphatic heterocycles. The van der Waals surface area contributed by atoms with Crippen LogP contribution in [0.25, 0.3) is 0 Å². The first-order valence-electron chi connectivity index (χ1n) is 6.93. The van der Waals surface area contributed by atoms with Gasteiger partial charge in [-0.15, -0.1) is 0 Å². The molecule has 0 spiro atoms. The number of nitrogens with one attached hydrogen (secondary N) is 1. The summed E-state index contributed by atoms with van der Waals surface area (Å²) in [5.41, 5.74) is 0. The van der Waals surface area contributed by atoms with Gasteiger partial charge in [-0.2, -0.15) is 0 Å². The molecule has 0 saturated heterocycles. The van der Waals surface area contributed by atoms with Crippen molar-refractivity contribution in [3.63, 3.8) is 0 Å². The first-order chi connectivity index (χ1) is 7.84. The molecule has 3 nitrogen and oxygen atoms in total. The second-order valence-corrected chi connectivity index (χ2v) is 5.92. The topological polar surface area (TPSA) is 18.5 Å². The van der Waals surface area contributed by atoms with Crippen molar-refractivity contribution >= 4 is 0 Å². The highest BCUT2D eigenvalue weighted by molar-refractivity contribution is 4.73. The van der Waals surface area contributed by atoms with Gasteiger partial charge in [-0.3, -0.25) is 0 Å². The van der Waals surface area contributed by atoms with Gasteiger partial charge >= 0.3 is 0 Å². The molecule has 1 N–H and O–H groups in total. The first kappa shape index (κ1) is 16.9. The summed E-state index contributed by atoms with van der Waals surface area (Å²) in [5, 5.41) is 3.52. The van der Waals surface area contributed by atoms with Gasteiger partial charge in [0.2, 0.25) is 0 Å². The Hall–Kier alpha value is -0.120. The van der Waals surface area contributed by atoms with Crippen molar-refractivity contribution in [3.05, 3.63) is 0 Å². The predicted octanol–water partition coefficient (Wildman–Crippen LogP) is 1.89. The standard InChI is InChI=1S/C14H33N3/c1-12(2)15-11-13(3)14(4)17(7)10-8-9-16(5)6/h12-15H,8-11H2,1-7H3. The molecule has 0 bridgehead atoms. The van der Waals surface area contributed by atoms with Gasteiger partial charge in [0, 0.05) is 12.1 Å². The molecule has 0 saturated carbocycles. The van der Waals surface area contributed by atoms with Crippen LogP contribution in [0.4, 0.5) is 0 Å². The minimum atomic E-state index is 0.587. The summed E-state index contributed by atoms with van der Waals surface area (Å²) in [6, 6.07) is 1.23. The van der Waals surface area contributed by atoms with E-state index in [0.717, 1.165) is 6.54 Å². The summed E-state index contributed by atoms with van der Waals surface area (Å²) in [7, 11) is 6.52. The van der Waals surface area contributed by atoms with E-state index in [1.165, 1.54) is 19.5 Å². The highest BCUT2D eigenvalue weighted by Crippen LogP contribution is 2.09. The SMILES string of the molecule is CC(C)NCC(C)C(C)N(C)CCCN(C)C. The molecule has 0 rings (SSSR count). The molecule has 0 aliphatic carbocycles. The summed E-state index contributed by atoms with van der Waals surface area (Å²) < 4.78 is 0. The number of hydrogen-bond acceptors (Lipinski definition) is 3. The average molecular weight is 243 g/mol. The minimum Gasteiger partial charge on any atom is -0.314 e. The highest BCUT2D eigenvalue weighted by Gasteiger charge is 2.16. The van der Waals surface area contributed by atoms with Gasteiger partial charge in [0.15, 0.2) is 0 Å². The van der Waals surface area contributed by atoms with Crippen LogP contribution >= 0.6 is 0 Å². The van der Waals surface area contributed by atoms with Crippen LogP contribution in [0, 0.1) is 5.92 Å². The first-order valence-corrected chi connectivity index (χ1v) is 6.93. The quantitative estimate of drug-likeness (QED) is 0.667. The van der Waals surface area contributed by atoms with Gasteiger partial charge in [-0.05, 0) is 60.0 Å². The molecule has 0 aromatic rings. The Bertz CT molecular complexity index is 180. The average Bonchev–Trinajstić information content (AvgIpc) is 2.24. The summed E-state index contributed by atoms with van der Waals surface area (Å²) in [5.74, 6) is 0.696. The third-order valence-electron chi connectivity index (χ3n) is 3.48. The van der Waals surface area contributed by atoms with Crippen molar-refractivity contribution in [2.45, 2.75) is 46.2 Å². The second-order valence-electron chi connectivity index (χ2n) is 5.92. The van der Waals surface area contributed by atoms with Crippen LogP contribution in [0.3, 0.4) is 0 Å². The van der Waals surface area contributed by atoms with Crippen molar-refractivity contribution in [1.29, 1.82) is 0 Å². The molecule has 0 aromatic heterocycles. The lowest BCUT2D eigenvalue weighted by Gasteiger charge is -2.30. The molecule has 104 valence electrons. The third kappa shape index (κ3) is 8.58. The zero-order valence-corrected chi connectivity index (χ0v) is 13.0. The molecule has 0 fully saturated rings. The maximum Gasteiger partial charge on any atom is 0.0102 e. The Balaban J connectivity index is 3.81. The second kappa shape index (κ2) is 8.90. The van der Waals surface area contributed by atoms with Gasteiger partial charge in [0.25, 0.3) is 0 Å². The van der Waals surface area contributed by atoms with E-state index in [4.69, 9.17) is 0 Å². The van der Waals surface area contributed by atoms with E-state index >= 15 is 0 Å². The van der Waals surface area contributed by atoms with Crippen molar-refractivity contribution in [1.82, 2.24) is 15.1 Å². The Labute approximate surface area is 109 Å². The summed E-state index contributed by atoms with van der Waals surface area (Å²) >= 11 is 0. The van der Waals surface area contributed by atoms with E-state index in [-0.39, 0.29) is 0 Å². The number of rotatable bonds is 9. The van der Waals surface area contributed by atoms with Crippen LogP contribution in [-0.4, -0.2) is 62.7 Å². The fourth-order valence-electron chi connectivity index (χ4n) is 1.87. The van der Waals surface area contributed by atoms with Gasteiger partial charge in [0.1, 0.15) is 0 Å². The Morgan fingerprint density at radius 3 is 2.00 bits per heavy atom. The molecular weight excluding hydrogens is 210 g/mol. The zero-order valence-electron chi connectivity index (χ0n) is 13.0. The monoisotopic (exact) mass is 243 g/mol. The molecule has 17 heavy (non-hydrogen) atoms. The lowest BCUT2D eigenvalue weighted by Crippen LogP contribution is -2.41. The van der Waals surface area contributed by atoms with Crippen LogP contribution in [0.1, 0.15) is 34.1 Å². The molecular formula is C14H33N3. The molecule has 2 unspecified atom stereocenters. The van der Waals surface area contributed by atoms with E-state index in [2.05, 4.69) is 64.0 Å². The van der Waals surface area contributed by atoms with Gasteiger partial charge in [0.05, 0.1) is 0 Å². The largest absolute Gasteiger partial charge is 0.314 e. The summed E-state index contributed by atoms with van der Waals surface area (Å²) in [6.45, 7) is 12.6. The normalized spacial score (nSPS) is 15.9. The maximum absolute atomic E-state index is 3.52.